The largest absolute Gasteiger partial charge is 0.507 e. The summed E-state index contributed by atoms with van der Waals surface area (Å²) in [6.07, 6.45) is 5.14. The molecule has 3 atom stereocenters. The van der Waals surface area contributed by atoms with Crippen LogP contribution in [-0.2, 0) is 0 Å². The molecular weight excluding hydrogens is 288 g/mol. The summed E-state index contributed by atoms with van der Waals surface area (Å²) in [4.78, 5) is 12.0. The lowest BCUT2D eigenvalue weighted by Crippen LogP contribution is -2.24. The van der Waals surface area contributed by atoms with Gasteiger partial charge in [-0.2, -0.15) is 5.10 Å². The van der Waals surface area contributed by atoms with Crippen LogP contribution >= 0.6 is 11.6 Å². The molecule has 1 aromatic carbocycles. The number of rotatable bonds is 3. The van der Waals surface area contributed by atoms with Gasteiger partial charge in [0.25, 0.3) is 5.91 Å². The summed E-state index contributed by atoms with van der Waals surface area (Å²) in [6.45, 7) is 1.98. The molecule has 0 aromatic heterocycles. The molecule has 2 aliphatic rings. The first kappa shape index (κ1) is 14.4. The van der Waals surface area contributed by atoms with Gasteiger partial charge in [-0.25, -0.2) is 5.43 Å². The maximum absolute atomic E-state index is 12.0. The van der Waals surface area contributed by atoms with E-state index in [1.807, 2.05) is 6.92 Å². The Kier molecular flexibility index (Phi) is 3.89. The van der Waals surface area contributed by atoms with Crippen molar-refractivity contribution in [1.29, 1.82) is 0 Å². The second-order valence-electron chi connectivity index (χ2n) is 6.14. The normalized spacial score (nSPS) is 27.9. The van der Waals surface area contributed by atoms with Gasteiger partial charge >= 0.3 is 0 Å². The zero-order chi connectivity index (χ0) is 15.0. The van der Waals surface area contributed by atoms with Gasteiger partial charge in [0.15, 0.2) is 0 Å². The van der Waals surface area contributed by atoms with Crippen molar-refractivity contribution in [3.8, 4) is 5.75 Å². The standard InChI is InChI=1S/C16H19ClN2O2/c1-9(14-7-10-2-3-11(14)6-10)18-19-16(21)13-5-4-12(17)8-15(13)20/h4-5,8,10-11,14,20H,2-3,6-7H2,1H3,(H,19,21)/b18-9-/t10-,11+,14+/m0/s1. The molecule has 2 bridgehead atoms. The molecule has 2 fully saturated rings. The molecule has 2 aliphatic carbocycles. The monoisotopic (exact) mass is 306 g/mol. The maximum Gasteiger partial charge on any atom is 0.275 e. The van der Waals surface area contributed by atoms with Crippen molar-refractivity contribution in [2.24, 2.45) is 22.9 Å². The van der Waals surface area contributed by atoms with Gasteiger partial charge in [0.2, 0.25) is 0 Å². The summed E-state index contributed by atoms with van der Waals surface area (Å²) in [7, 11) is 0. The molecule has 4 nitrogen and oxygen atoms in total. The Morgan fingerprint density at radius 1 is 1.38 bits per heavy atom. The number of benzene rings is 1. The number of aromatic hydroxyl groups is 1. The summed E-state index contributed by atoms with van der Waals surface area (Å²) >= 11 is 5.75. The van der Waals surface area contributed by atoms with Crippen molar-refractivity contribution >= 4 is 23.2 Å². The lowest BCUT2D eigenvalue weighted by molar-refractivity contribution is 0.0952. The van der Waals surface area contributed by atoms with Crippen molar-refractivity contribution in [1.82, 2.24) is 5.43 Å². The molecule has 0 saturated heterocycles. The van der Waals surface area contributed by atoms with Crippen LogP contribution in [0.3, 0.4) is 0 Å². The first-order valence-corrected chi connectivity index (χ1v) is 7.75. The minimum Gasteiger partial charge on any atom is -0.507 e. The van der Waals surface area contributed by atoms with E-state index in [-0.39, 0.29) is 11.3 Å². The summed E-state index contributed by atoms with van der Waals surface area (Å²) in [6, 6.07) is 4.42. The number of hydrogen-bond donors (Lipinski definition) is 2. The number of fused-ring (bicyclic) bond motifs is 2. The van der Waals surface area contributed by atoms with E-state index in [2.05, 4.69) is 10.5 Å². The molecule has 1 amide bonds. The van der Waals surface area contributed by atoms with Crippen LogP contribution in [0, 0.1) is 17.8 Å². The van der Waals surface area contributed by atoms with Gasteiger partial charge in [-0.3, -0.25) is 4.79 Å². The van der Waals surface area contributed by atoms with E-state index in [1.54, 1.807) is 6.07 Å². The number of nitrogens with zero attached hydrogens (tertiary/aromatic N) is 1. The second-order valence-corrected chi connectivity index (χ2v) is 6.57. The average molecular weight is 307 g/mol. The van der Waals surface area contributed by atoms with Crippen LogP contribution in [0.25, 0.3) is 0 Å². The van der Waals surface area contributed by atoms with E-state index in [9.17, 15) is 9.90 Å². The Morgan fingerprint density at radius 3 is 2.81 bits per heavy atom. The topological polar surface area (TPSA) is 61.7 Å². The Hall–Kier alpha value is -1.55. The molecular formula is C16H19ClN2O2. The van der Waals surface area contributed by atoms with Crippen LogP contribution in [-0.4, -0.2) is 16.7 Å². The highest BCUT2D eigenvalue weighted by Gasteiger charge is 2.40. The molecule has 1 aromatic rings. The van der Waals surface area contributed by atoms with Crippen molar-refractivity contribution < 1.29 is 9.90 Å². The molecule has 0 aliphatic heterocycles. The molecule has 0 radical (unpaired) electrons. The number of phenolic OH excluding ortho intramolecular Hbond substituents is 1. The smallest absolute Gasteiger partial charge is 0.275 e. The number of hydrazone groups is 1. The molecule has 0 heterocycles. The number of amides is 1. The predicted molar refractivity (Wildman–Crippen MR) is 82.6 cm³/mol. The first-order chi connectivity index (χ1) is 10.0. The summed E-state index contributed by atoms with van der Waals surface area (Å²) in [5, 5.41) is 14.4. The van der Waals surface area contributed by atoms with E-state index in [0.717, 1.165) is 17.5 Å². The van der Waals surface area contributed by atoms with Crippen molar-refractivity contribution in [3.63, 3.8) is 0 Å². The number of halogens is 1. The molecule has 21 heavy (non-hydrogen) atoms. The summed E-state index contributed by atoms with van der Waals surface area (Å²) in [5.41, 5.74) is 3.72. The molecule has 2 N–H and O–H groups in total. The molecule has 0 unspecified atom stereocenters. The zero-order valence-corrected chi connectivity index (χ0v) is 12.7. The average Bonchev–Trinajstić information content (AvgIpc) is 3.07. The lowest BCUT2D eigenvalue weighted by atomic mass is 9.86. The molecule has 2 saturated carbocycles. The minimum atomic E-state index is -0.410. The van der Waals surface area contributed by atoms with E-state index in [4.69, 9.17) is 11.6 Å². The van der Waals surface area contributed by atoms with E-state index in [1.165, 1.54) is 37.8 Å². The third-order valence-electron chi connectivity index (χ3n) is 4.81. The van der Waals surface area contributed by atoms with Crippen LogP contribution in [0.1, 0.15) is 43.0 Å². The van der Waals surface area contributed by atoms with Gasteiger partial charge in [-0.05, 0) is 56.2 Å². The van der Waals surface area contributed by atoms with Gasteiger partial charge in [0.05, 0.1) is 5.56 Å². The maximum atomic E-state index is 12.0. The van der Waals surface area contributed by atoms with Gasteiger partial charge in [-0.1, -0.05) is 18.0 Å². The molecule has 112 valence electrons. The number of carbonyl (C=O) groups is 1. The molecule has 5 heteroatoms. The SMILES string of the molecule is C/C(=N/NC(=O)c1ccc(Cl)cc1O)[C@H]1C[C@H]2CC[C@@H]1C2. The number of carbonyl (C=O) groups excluding carboxylic acids is 1. The third-order valence-corrected chi connectivity index (χ3v) is 5.05. The predicted octanol–water partition coefficient (Wildman–Crippen LogP) is 3.59. The van der Waals surface area contributed by atoms with Gasteiger partial charge in [0.1, 0.15) is 5.75 Å². The number of phenols is 1. The Morgan fingerprint density at radius 2 is 2.19 bits per heavy atom. The summed E-state index contributed by atoms with van der Waals surface area (Å²) < 4.78 is 0. The number of hydrogen-bond acceptors (Lipinski definition) is 3. The minimum absolute atomic E-state index is 0.132. The van der Waals surface area contributed by atoms with Crippen LogP contribution < -0.4 is 5.43 Å². The van der Waals surface area contributed by atoms with Crippen molar-refractivity contribution in [2.75, 3.05) is 0 Å². The van der Waals surface area contributed by atoms with Gasteiger partial charge in [-0.15, -0.1) is 0 Å². The van der Waals surface area contributed by atoms with Crippen LogP contribution in [0.4, 0.5) is 0 Å². The zero-order valence-electron chi connectivity index (χ0n) is 12.0. The molecule has 3 rings (SSSR count). The highest BCUT2D eigenvalue weighted by Crippen LogP contribution is 2.48. The van der Waals surface area contributed by atoms with Crippen molar-refractivity contribution in [2.45, 2.75) is 32.6 Å². The summed E-state index contributed by atoms with van der Waals surface area (Å²) in [5.74, 6) is 1.54. The van der Waals surface area contributed by atoms with E-state index in [0.29, 0.717) is 10.9 Å². The highest BCUT2D eigenvalue weighted by atomic mass is 35.5. The Bertz CT molecular complexity index is 600. The number of nitrogens with one attached hydrogen (secondary N) is 1. The third kappa shape index (κ3) is 2.91. The second kappa shape index (κ2) is 5.68. The van der Waals surface area contributed by atoms with E-state index >= 15 is 0 Å². The fraction of sp³-hybridized carbons (Fsp3) is 0.500. The molecule has 0 spiro atoms. The van der Waals surface area contributed by atoms with Gasteiger partial charge < -0.3 is 5.11 Å². The van der Waals surface area contributed by atoms with Crippen LogP contribution in [0.15, 0.2) is 23.3 Å². The van der Waals surface area contributed by atoms with Crippen molar-refractivity contribution in [3.05, 3.63) is 28.8 Å². The highest BCUT2D eigenvalue weighted by molar-refractivity contribution is 6.30. The first-order valence-electron chi connectivity index (χ1n) is 7.37. The quantitative estimate of drug-likeness (QED) is 0.662. The van der Waals surface area contributed by atoms with E-state index < -0.39 is 5.91 Å². The Balaban J connectivity index is 1.66. The van der Waals surface area contributed by atoms with Gasteiger partial charge in [0, 0.05) is 16.7 Å². The Labute approximate surface area is 129 Å². The fourth-order valence-electron chi connectivity index (χ4n) is 3.74. The van der Waals surface area contributed by atoms with Crippen LogP contribution in [0.2, 0.25) is 5.02 Å². The lowest BCUT2D eigenvalue weighted by Gasteiger charge is -2.21. The van der Waals surface area contributed by atoms with Crippen LogP contribution in [0.5, 0.6) is 5.75 Å². The fourth-order valence-corrected chi connectivity index (χ4v) is 3.90.